The SMILES string of the molecule is CCCCCCCCCCCCCC(=O)O[C@H](CC)CCCCCCCCCCC. The van der Waals surface area contributed by atoms with Crippen LogP contribution in [0.15, 0.2) is 0 Å². The molecule has 0 N–H and O–H groups in total. The van der Waals surface area contributed by atoms with Crippen molar-refractivity contribution in [3.8, 4) is 0 Å². The molecule has 0 amide bonds. The zero-order chi connectivity index (χ0) is 22.1. The third-order valence-electron chi connectivity index (χ3n) is 6.37. The number of rotatable bonds is 24. The predicted octanol–water partition coefficient (Wildman–Crippen LogP) is 9.93. The first-order valence-electron chi connectivity index (χ1n) is 13.9. The van der Waals surface area contributed by atoms with E-state index in [1.807, 2.05) is 0 Å². The largest absolute Gasteiger partial charge is 0.462 e. The molecule has 0 aliphatic rings. The van der Waals surface area contributed by atoms with Gasteiger partial charge in [0.05, 0.1) is 0 Å². The van der Waals surface area contributed by atoms with E-state index in [0.29, 0.717) is 6.42 Å². The maximum absolute atomic E-state index is 12.1. The molecule has 2 nitrogen and oxygen atoms in total. The van der Waals surface area contributed by atoms with Crippen molar-refractivity contribution in [3.63, 3.8) is 0 Å². The van der Waals surface area contributed by atoms with Gasteiger partial charge in [-0.1, -0.05) is 136 Å². The number of ether oxygens (including phenoxy) is 1. The molecule has 0 heterocycles. The second kappa shape index (κ2) is 24.7. The van der Waals surface area contributed by atoms with Gasteiger partial charge in [0.2, 0.25) is 0 Å². The summed E-state index contributed by atoms with van der Waals surface area (Å²) in [6.45, 7) is 6.69. The lowest BCUT2D eigenvalue weighted by Gasteiger charge is -2.16. The fraction of sp³-hybridized carbons (Fsp3) is 0.964. The molecular formula is C28H56O2. The van der Waals surface area contributed by atoms with Gasteiger partial charge in [-0.3, -0.25) is 4.79 Å². The third kappa shape index (κ3) is 22.2. The van der Waals surface area contributed by atoms with Crippen LogP contribution in [0.2, 0.25) is 0 Å². The van der Waals surface area contributed by atoms with Gasteiger partial charge >= 0.3 is 5.97 Å². The highest BCUT2D eigenvalue weighted by Crippen LogP contribution is 2.16. The molecule has 0 rings (SSSR count). The second-order valence-electron chi connectivity index (χ2n) is 9.42. The van der Waals surface area contributed by atoms with E-state index in [0.717, 1.165) is 19.3 Å². The van der Waals surface area contributed by atoms with E-state index in [1.54, 1.807) is 0 Å². The van der Waals surface area contributed by atoms with E-state index < -0.39 is 0 Å². The molecule has 0 aromatic carbocycles. The lowest BCUT2D eigenvalue weighted by Crippen LogP contribution is -2.17. The molecule has 0 spiro atoms. The Kier molecular flexibility index (Phi) is 24.3. The Morgan fingerprint density at radius 3 is 1.30 bits per heavy atom. The van der Waals surface area contributed by atoms with Crippen LogP contribution in [0.25, 0.3) is 0 Å². The van der Waals surface area contributed by atoms with Crippen LogP contribution >= 0.6 is 0 Å². The standard InChI is InChI=1S/C28H56O2/c1-4-7-9-11-13-15-16-18-20-22-24-26-28(29)30-27(6-3)25-23-21-19-17-14-12-10-8-5-2/h27H,4-26H2,1-3H3/t27-/m1/s1. The van der Waals surface area contributed by atoms with Crippen LogP contribution in [0.3, 0.4) is 0 Å². The Hall–Kier alpha value is -0.530. The maximum Gasteiger partial charge on any atom is 0.306 e. The van der Waals surface area contributed by atoms with Crippen molar-refractivity contribution >= 4 is 5.97 Å². The lowest BCUT2D eigenvalue weighted by molar-refractivity contribution is -0.149. The summed E-state index contributed by atoms with van der Waals surface area (Å²) in [5.41, 5.74) is 0. The molecule has 0 bridgehead atoms. The number of carbonyl (C=O) groups excluding carboxylic acids is 1. The van der Waals surface area contributed by atoms with E-state index >= 15 is 0 Å². The molecule has 0 fully saturated rings. The zero-order valence-corrected chi connectivity index (χ0v) is 21.2. The van der Waals surface area contributed by atoms with E-state index in [-0.39, 0.29) is 12.1 Å². The van der Waals surface area contributed by atoms with Crippen molar-refractivity contribution in [2.45, 2.75) is 175 Å². The molecule has 30 heavy (non-hydrogen) atoms. The molecule has 1 atom stereocenters. The van der Waals surface area contributed by atoms with Gasteiger partial charge in [0.15, 0.2) is 0 Å². The van der Waals surface area contributed by atoms with Crippen LogP contribution in [-0.2, 0) is 9.53 Å². The minimum absolute atomic E-state index is 0.0358. The highest BCUT2D eigenvalue weighted by atomic mass is 16.5. The molecule has 0 saturated carbocycles. The summed E-state index contributed by atoms with van der Waals surface area (Å²) in [4.78, 5) is 12.1. The summed E-state index contributed by atoms with van der Waals surface area (Å²) in [7, 11) is 0. The van der Waals surface area contributed by atoms with Crippen LogP contribution in [-0.4, -0.2) is 12.1 Å². The smallest absolute Gasteiger partial charge is 0.306 e. The molecule has 0 saturated heterocycles. The summed E-state index contributed by atoms with van der Waals surface area (Å²) in [5.74, 6) is 0.0358. The molecule has 0 aromatic rings. The first-order valence-corrected chi connectivity index (χ1v) is 13.9. The maximum atomic E-state index is 12.1. The average Bonchev–Trinajstić information content (AvgIpc) is 2.75. The molecule has 0 aliphatic carbocycles. The molecule has 0 radical (unpaired) electrons. The van der Waals surface area contributed by atoms with Crippen LogP contribution in [0.4, 0.5) is 0 Å². The summed E-state index contributed by atoms with van der Waals surface area (Å²) in [6, 6.07) is 0. The number of hydrogen-bond donors (Lipinski definition) is 0. The van der Waals surface area contributed by atoms with Crippen molar-refractivity contribution in [2.24, 2.45) is 0 Å². The number of hydrogen-bond acceptors (Lipinski definition) is 2. The molecule has 0 unspecified atom stereocenters. The first kappa shape index (κ1) is 29.5. The van der Waals surface area contributed by atoms with Gasteiger partial charge in [-0.05, 0) is 25.7 Å². The fourth-order valence-corrected chi connectivity index (χ4v) is 4.21. The zero-order valence-electron chi connectivity index (χ0n) is 21.2. The van der Waals surface area contributed by atoms with Crippen LogP contribution in [0.1, 0.15) is 168 Å². The summed E-state index contributed by atoms with van der Waals surface area (Å²) in [5, 5.41) is 0. The van der Waals surface area contributed by atoms with Crippen LogP contribution in [0, 0.1) is 0 Å². The van der Waals surface area contributed by atoms with Gasteiger partial charge in [0.1, 0.15) is 6.10 Å². The molecular weight excluding hydrogens is 368 g/mol. The van der Waals surface area contributed by atoms with E-state index in [9.17, 15) is 4.79 Å². The summed E-state index contributed by atoms with van der Waals surface area (Å²) >= 11 is 0. The average molecular weight is 425 g/mol. The van der Waals surface area contributed by atoms with Crippen molar-refractivity contribution in [1.82, 2.24) is 0 Å². The summed E-state index contributed by atoms with van der Waals surface area (Å²) < 4.78 is 5.72. The van der Waals surface area contributed by atoms with Gasteiger partial charge < -0.3 is 4.74 Å². The minimum atomic E-state index is 0.0358. The minimum Gasteiger partial charge on any atom is -0.462 e. The Balaban J connectivity index is 3.45. The van der Waals surface area contributed by atoms with Crippen molar-refractivity contribution in [1.29, 1.82) is 0 Å². The van der Waals surface area contributed by atoms with Gasteiger partial charge in [0.25, 0.3) is 0 Å². The van der Waals surface area contributed by atoms with Crippen LogP contribution < -0.4 is 0 Å². The highest BCUT2D eigenvalue weighted by Gasteiger charge is 2.12. The number of carbonyl (C=O) groups is 1. The Labute approximate surface area is 190 Å². The molecule has 2 heteroatoms. The van der Waals surface area contributed by atoms with Crippen LogP contribution in [0.5, 0.6) is 0 Å². The van der Waals surface area contributed by atoms with Gasteiger partial charge in [-0.15, -0.1) is 0 Å². The molecule has 180 valence electrons. The fourth-order valence-electron chi connectivity index (χ4n) is 4.21. The summed E-state index contributed by atoms with van der Waals surface area (Å²) in [6.07, 6.45) is 29.4. The highest BCUT2D eigenvalue weighted by molar-refractivity contribution is 5.69. The molecule has 0 aliphatic heterocycles. The number of esters is 1. The van der Waals surface area contributed by atoms with Crippen molar-refractivity contribution in [3.05, 3.63) is 0 Å². The van der Waals surface area contributed by atoms with Gasteiger partial charge in [-0.2, -0.15) is 0 Å². The quantitative estimate of drug-likeness (QED) is 0.114. The Bertz CT molecular complexity index is 340. The molecule has 0 aromatic heterocycles. The van der Waals surface area contributed by atoms with E-state index in [4.69, 9.17) is 4.74 Å². The number of unbranched alkanes of at least 4 members (excludes halogenated alkanes) is 18. The predicted molar refractivity (Wildman–Crippen MR) is 133 cm³/mol. The van der Waals surface area contributed by atoms with Crippen molar-refractivity contribution < 1.29 is 9.53 Å². The van der Waals surface area contributed by atoms with Crippen molar-refractivity contribution in [2.75, 3.05) is 0 Å². The van der Waals surface area contributed by atoms with Gasteiger partial charge in [-0.25, -0.2) is 0 Å². The Morgan fingerprint density at radius 1 is 0.533 bits per heavy atom. The third-order valence-corrected chi connectivity index (χ3v) is 6.37. The van der Waals surface area contributed by atoms with E-state index in [1.165, 1.54) is 122 Å². The topological polar surface area (TPSA) is 26.3 Å². The lowest BCUT2D eigenvalue weighted by atomic mass is 10.0. The monoisotopic (exact) mass is 424 g/mol. The second-order valence-corrected chi connectivity index (χ2v) is 9.42. The van der Waals surface area contributed by atoms with E-state index in [2.05, 4.69) is 20.8 Å². The normalized spacial score (nSPS) is 12.2. The van der Waals surface area contributed by atoms with Gasteiger partial charge in [0, 0.05) is 6.42 Å². The first-order chi connectivity index (χ1) is 14.7. The Morgan fingerprint density at radius 2 is 0.900 bits per heavy atom.